The monoisotopic (exact) mass is 504 g/mol. The van der Waals surface area contributed by atoms with Crippen LogP contribution in [0.15, 0.2) is 34.1 Å². The van der Waals surface area contributed by atoms with Gasteiger partial charge in [0.25, 0.3) is 0 Å². The molecule has 1 aliphatic heterocycles. The van der Waals surface area contributed by atoms with Crippen molar-refractivity contribution in [3.05, 3.63) is 51.2 Å². The molecule has 0 radical (unpaired) electrons. The Balaban J connectivity index is 0.00000261. The molecule has 0 unspecified atom stereocenters. The number of hydrogen-bond donors (Lipinski definition) is 2. The standard InChI is InChI=1S/C18H25ClN6O.HI/c1-20-17(22-13-14-6-8-15(19)9-7-14)21-10-4-12-25-18(26)24-11-3-2-5-16(24)23-25;/h6-9H,2-5,10-13H2,1H3,(H2,20,21,22);1H. The van der Waals surface area contributed by atoms with E-state index in [4.69, 9.17) is 11.6 Å². The van der Waals surface area contributed by atoms with Crippen LogP contribution >= 0.6 is 35.6 Å². The highest BCUT2D eigenvalue weighted by Crippen LogP contribution is 2.10. The van der Waals surface area contributed by atoms with Crippen LogP contribution in [0.2, 0.25) is 5.02 Å². The van der Waals surface area contributed by atoms with Gasteiger partial charge in [0.05, 0.1) is 0 Å². The van der Waals surface area contributed by atoms with Gasteiger partial charge in [0, 0.05) is 44.7 Å². The zero-order chi connectivity index (χ0) is 18.4. The lowest BCUT2D eigenvalue weighted by atomic mass is 10.2. The summed E-state index contributed by atoms with van der Waals surface area (Å²) in [6, 6.07) is 7.71. The summed E-state index contributed by atoms with van der Waals surface area (Å²) in [5.74, 6) is 1.66. The largest absolute Gasteiger partial charge is 0.356 e. The summed E-state index contributed by atoms with van der Waals surface area (Å²) in [7, 11) is 1.74. The molecule has 3 rings (SSSR count). The van der Waals surface area contributed by atoms with Crippen LogP contribution < -0.4 is 16.3 Å². The molecule has 1 aromatic carbocycles. The van der Waals surface area contributed by atoms with Crippen LogP contribution in [0.25, 0.3) is 0 Å². The summed E-state index contributed by atoms with van der Waals surface area (Å²) >= 11 is 5.89. The van der Waals surface area contributed by atoms with Gasteiger partial charge in [-0.05, 0) is 37.0 Å². The highest BCUT2D eigenvalue weighted by molar-refractivity contribution is 14.0. The first-order valence-corrected chi connectivity index (χ1v) is 9.40. The predicted octanol–water partition coefficient (Wildman–Crippen LogP) is 2.41. The summed E-state index contributed by atoms with van der Waals surface area (Å²) in [5, 5.41) is 11.7. The minimum atomic E-state index is 0. The molecule has 0 spiro atoms. The number of aryl methyl sites for hydroxylation is 2. The van der Waals surface area contributed by atoms with Crippen molar-refractivity contribution in [2.24, 2.45) is 4.99 Å². The first-order valence-electron chi connectivity index (χ1n) is 9.03. The van der Waals surface area contributed by atoms with Gasteiger partial charge in [-0.15, -0.1) is 24.0 Å². The number of aromatic nitrogens is 3. The van der Waals surface area contributed by atoms with E-state index in [0.717, 1.165) is 61.1 Å². The van der Waals surface area contributed by atoms with Gasteiger partial charge in [0.1, 0.15) is 5.82 Å². The Morgan fingerprint density at radius 3 is 2.74 bits per heavy atom. The third-order valence-electron chi connectivity index (χ3n) is 4.47. The van der Waals surface area contributed by atoms with Crippen molar-refractivity contribution >= 4 is 41.5 Å². The van der Waals surface area contributed by atoms with Crippen LogP contribution in [0.5, 0.6) is 0 Å². The van der Waals surface area contributed by atoms with Crippen molar-refractivity contribution < 1.29 is 0 Å². The van der Waals surface area contributed by atoms with Crippen molar-refractivity contribution in [2.45, 2.75) is 45.3 Å². The Labute approximate surface area is 181 Å². The van der Waals surface area contributed by atoms with Gasteiger partial charge in [-0.3, -0.25) is 9.56 Å². The fraction of sp³-hybridized carbons (Fsp3) is 0.500. The number of nitrogens with zero attached hydrogens (tertiary/aromatic N) is 4. The maximum atomic E-state index is 12.3. The zero-order valence-electron chi connectivity index (χ0n) is 15.4. The van der Waals surface area contributed by atoms with Crippen molar-refractivity contribution in [3.63, 3.8) is 0 Å². The molecule has 0 saturated carbocycles. The van der Waals surface area contributed by atoms with Crippen LogP contribution in [0.3, 0.4) is 0 Å². The van der Waals surface area contributed by atoms with E-state index in [1.165, 1.54) is 0 Å². The number of benzene rings is 1. The lowest BCUT2D eigenvalue weighted by Crippen LogP contribution is -2.37. The predicted molar refractivity (Wildman–Crippen MR) is 119 cm³/mol. The van der Waals surface area contributed by atoms with E-state index in [0.29, 0.717) is 13.1 Å². The SMILES string of the molecule is CN=C(NCCCn1nc2n(c1=O)CCCC2)NCc1ccc(Cl)cc1.I. The van der Waals surface area contributed by atoms with E-state index in [1.807, 2.05) is 28.8 Å². The molecule has 2 heterocycles. The fourth-order valence-corrected chi connectivity index (χ4v) is 3.16. The van der Waals surface area contributed by atoms with Crippen molar-refractivity contribution in [3.8, 4) is 0 Å². The van der Waals surface area contributed by atoms with E-state index < -0.39 is 0 Å². The summed E-state index contributed by atoms with van der Waals surface area (Å²) < 4.78 is 3.40. The summed E-state index contributed by atoms with van der Waals surface area (Å²) in [6.45, 7) is 2.80. The van der Waals surface area contributed by atoms with E-state index >= 15 is 0 Å². The van der Waals surface area contributed by atoms with E-state index in [9.17, 15) is 4.79 Å². The third-order valence-corrected chi connectivity index (χ3v) is 4.72. The zero-order valence-corrected chi connectivity index (χ0v) is 18.5. The molecular formula is C18H26ClIN6O. The molecule has 2 N–H and O–H groups in total. The van der Waals surface area contributed by atoms with Crippen LogP contribution in [0.4, 0.5) is 0 Å². The van der Waals surface area contributed by atoms with E-state index in [1.54, 1.807) is 11.7 Å². The molecule has 0 bridgehead atoms. The molecule has 0 amide bonds. The molecule has 27 heavy (non-hydrogen) atoms. The molecule has 7 nitrogen and oxygen atoms in total. The van der Waals surface area contributed by atoms with Crippen LogP contribution in [0, 0.1) is 0 Å². The van der Waals surface area contributed by atoms with Crippen LogP contribution in [-0.2, 0) is 26.1 Å². The van der Waals surface area contributed by atoms with Crippen LogP contribution in [0.1, 0.15) is 30.7 Å². The minimum Gasteiger partial charge on any atom is -0.356 e. The first kappa shape index (κ1) is 21.7. The number of nitrogens with one attached hydrogen (secondary N) is 2. The molecule has 1 aromatic heterocycles. The van der Waals surface area contributed by atoms with Gasteiger partial charge >= 0.3 is 5.69 Å². The maximum Gasteiger partial charge on any atom is 0.345 e. The van der Waals surface area contributed by atoms with Crippen molar-refractivity contribution in [2.75, 3.05) is 13.6 Å². The number of fused-ring (bicyclic) bond motifs is 1. The number of halogens is 2. The average molecular weight is 505 g/mol. The van der Waals surface area contributed by atoms with Gasteiger partial charge < -0.3 is 10.6 Å². The highest BCUT2D eigenvalue weighted by atomic mass is 127. The fourth-order valence-electron chi connectivity index (χ4n) is 3.04. The minimum absolute atomic E-state index is 0. The lowest BCUT2D eigenvalue weighted by molar-refractivity contribution is 0.509. The maximum absolute atomic E-state index is 12.3. The first-order chi connectivity index (χ1) is 12.7. The Bertz CT molecular complexity index is 814. The highest BCUT2D eigenvalue weighted by Gasteiger charge is 2.16. The summed E-state index contributed by atoms with van der Waals surface area (Å²) in [5.41, 5.74) is 1.15. The quantitative estimate of drug-likeness (QED) is 0.274. The molecule has 0 saturated heterocycles. The Kier molecular flexibility index (Phi) is 8.62. The molecule has 0 aliphatic carbocycles. The molecule has 1 aliphatic rings. The Hall–Kier alpha value is -1.55. The molecule has 0 fully saturated rings. The Morgan fingerprint density at radius 1 is 1.26 bits per heavy atom. The summed E-state index contributed by atoms with van der Waals surface area (Å²) in [6.07, 6.45) is 3.89. The second-order valence-corrected chi connectivity index (χ2v) is 6.80. The second kappa shape index (κ2) is 10.7. The summed E-state index contributed by atoms with van der Waals surface area (Å²) in [4.78, 5) is 16.5. The average Bonchev–Trinajstić information content (AvgIpc) is 2.99. The molecular weight excluding hydrogens is 479 g/mol. The third kappa shape index (κ3) is 5.97. The number of rotatable bonds is 6. The van der Waals surface area contributed by atoms with E-state index in [-0.39, 0.29) is 29.7 Å². The number of hydrogen-bond acceptors (Lipinski definition) is 3. The smallest absolute Gasteiger partial charge is 0.345 e. The van der Waals surface area contributed by atoms with Crippen LogP contribution in [-0.4, -0.2) is 33.9 Å². The normalized spacial score (nSPS) is 13.6. The number of guanidine groups is 1. The van der Waals surface area contributed by atoms with Crippen molar-refractivity contribution in [1.82, 2.24) is 25.0 Å². The lowest BCUT2D eigenvalue weighted by Gasteiger charge is -2.11. The van der Waals surface area contributed by atoms with Crippen molar-refractivity contribution in [1.29, 1.82) is 0 Å². The van der Waals surface area contributed by atoms with Gasteiger partial charge in [-0.2, -0.15) is 5.10 Å². The molecule has 9 heteroatoms. The van der Waals surface area contributed by atoms with Gasteiger partial charge in [0.15, 0.2) is 5.96 Å². The van der Waals surface area contributed by atoms with Gasteiger partial charge in [-0.25, -0.2) is 9.48 Å². The molecule has 148 valence electrons. The van der Waals surface area contributed by atoms with E-state index in [2.05, 4.69) is 20.7 Å². The molecule has 0 atom stereocenters. The molecule has 2 aromatic rings. The van der Waals surface area contributed by atoms with Gasteiger partial charge in [0.2, 0.25) is 0 Å². The number of aliphatic imine (C=N–C) groups is 1. The topological polar surface area (TPSA) is 76.2 Å². The Morgan fingerprint density at radius 2 is 2.04 bits per heavy atom. The second-order valence-electron chi connectivity index (χ2n) is 6.36. The van der Waals surface area contributed by atoms with Gasteiger partial charge in [-0.1, -0.05) is 23.7 Å².